The van der Waals surface area contributed by atoms with Crippen LogP contribution in [0.2, 0.25) is 0 Å². The van der Waals surface area contributed by atoms with Crippen LogP contribution in [0.3, 0.4) is 0 Å². The van der Waals surface area contributed by atoms with Gasteiger partial charge in [0.25, 0.3) is 0 Å². The van der Waals surface area contributed by atoms with Gasteiger partial charge in [0.2, 0.25) is 11.8 Å². The summed E-state index contributed by atoms with van der Waals surface area (Å²) in [7, 11) is 0. The Morgan fingerprint density at radius 1 is 1.35 bits per heavy atom. The lowest BCUT2D eigenvalue weighted by atomic mass is 9.86. The van der Waals surface area contributed by atoms with Gasteiger partial charge in [-0.15, -0.1) is 5.48 Å². The van der Waals surface area contributed by atoms with Gasteiger partial charge in [-0.1, -0.05) is 13.8 Å². The lowest BCUT2D eigenvalue weighted by Crippen LogP contribution is -2.53. The fourth-order valence-electron chi connectivity index (χ4n) is 1.76. The van der Waals surface area contributed by atoms with Crippen LogP contribution in [0.4, 0.5) is 13.2 Å². The average molecular weight is 339 g/mol. The molecule has 23 heavy (non-hydrogen) atoms. The van der Waals surface area contributed by atoms with Gasteiger partial charge in [-0.25, -0.2) is 0 Å². The number of rotatable bonds is 7. The highest BCUT2D eigenvalue weighted by atomic mass is 19.4. The van der Waals surface area contributed by atoms with E-state index in [4.69, 9.17) is 4.84 Å². The molecule has 0 aromatic heterocycles. The molecule has 1 rings (SSSR count). The first-order chi connectivity index (χ1) is 10.4. The molecule has 9 heteroatoms. The Kier molecular flexibility index (Phi) is 6.06. The van der Waals surface area contributed by atoms with Gasteiger partial charge in [0.1, 0.15) is 0 Å². The minimum absolute atomic E-state index is 0.0871. The highest BCUT2D eigenvalue weighted by molar-refractivity contribution is 5.86. The maximum absolute atomic E-state index is 12.1. The van der Waals surface area contributed by atoms with Crippen molar-refractivity contribution in [3.63, 3.8) is 0 Å². The van der Waals surface area contributed by atoms with E-state index in [-0.39, 0.29) is 25.1 Å². The van der Waals surface area contributed by atoms with Crippen molar-refractivity contribution >= 4 is 5.91 Å². The zero-order valence-electron chi connectivity index (χ0n) is 13.7. The Bertz CT molecular complexity index is 462. The van der Waals surface area contributed by atoms with Crippen molar-refractivity contribution < 1.29 is 27.9 Å². The number of hydroxylamine groups is 1. The Labute approximate surface area is 133 Å². The molecule has 0 aromatic rings. The third kappa shape index (κ3) is 6.00. The molecule has 1 aliphatic heterocycles. The molecule has 0 radical (unpaired) electrons. The van der Waals surface area contributed by atoms with Gasteiger partial charge >= 0.3 is 6.18 Å². The first kappa shape index (κ1) is 19.7. The quantitative estimate of drug-likeness (QED) is 0.560. The van der Waals surface area contributed by atoms with Crippen molar-refractivity contribution in [2.24, 2.45) is 5.41 Å². The number of halogens is 3. The minimum atomic E-state index is -4.27. The number of aliphatic hydroxyl groups is 1. The maximum Gasteiger partial charge on any atom is 0.390 e. The number of carbonyl (C=O) groups is 1. The molecule has 0 saturated heterocycles. The summed E-state index contributed by atoms with van der Waals surface area (Å²) in [6, 6.07) is -0.302. The molecule has 0 bridgehead atoms. The summed E-state index contributed by atoms with van der Waals surface area (Å²) >= 11 is 0. The van der Waals surface area contributed by atoms with Gasteiger partial charge < -0.3 is 15.3 Å². The Hall–Kier alpha value is -1.32. The number of hydrogen-bond acceptors (Lipinski definition) is 5. The van der Waals surface area contributed by atoms with Crippen LogP contribution in [0.5, 0.6) is 0 Å². The highest BCUT2D eigenvalue weighted by Gasteiger charge is 2.35. The highest BCUT2D eigenvalue weighted by Crippen LogP contribution is 2.25. The van der Waals surface area contributed by atoms with E-state index in [1.165, 1.54) is 13.8 Å². The summed E-state index contributed by atoms with van der Waals surface area (Å²) in [5.41, 5.74) is 0.994. The Morgan fingerprint density at radius 2 is 1.96 bits per heavy atom. The van der Waals surface area contributed by atoms with Gasteiger partial charge in [0.15, 0.2) is 0 Å². The first-order valence-electron chi connectivity index (χ1n) is 7.26. The van der Waals surface area contributed by atoms with Crippen LogP contribution in [0.1, 0.15) is 34.1 Å². The lowest BCUT2D eigenvalue weighted by molar-refractivity contribution is -0.136. The van der Waals surface area contributed by atoms with Crippen molar-refractivity contribution in [2.45, 2.75) is 51.9 Å². The van der Waals surface area contributed by atoms with E-state index in [0.717, 1.165) is 0 Å². The number of carbonyl (C=O) groups excluding carboxylic acids is 1. The standard InChI is InChI=1S/C14H24F3N3O3/c1-12(2,8-21)9-7-10(23-20-9)19-11(22)13(3,4)18-6-5-14(15,16)17/h7,9,18,20-21H,5-6,8H2,1-4H3,(H,19,22). The van der Waals surface area contributed by atoms with Crippen molar-refractivity contribution in [3.8, 4) is 0 Å². The number of nitrogens with one attached hydrogen (secondary N) is 3. The van der Waals surface area contributed by atoms with Crippen molar-refractivity contribution in [3.05, 3.63) is 12.0 Å². The van der Waals surface area contributed by atoms with E-state index in [9.17, 15) is 23.1 Å². The fourth-order valence-corrected chi connectivity index (χ4v) is 1.76. The molecule has 0 fully saturated rings. The number of amides is 1. The van der Waals surface area contributed by atoms with Gasteiger partial charge in [-0.2, -0.15) is 13.2 Å². The van der Waals surface area contributed by atoms with Crippen LogP contribution in [-0.4, -0.2) is 41.9 Å². The first-order valence-corrected chi connectivity index (χ1v) is 7.26. The molecule has 1 amide bonds. The van der Waals surface area contributed by atoms with Gasteiger partial charge in [-0.05, 0) is 19.9 Å². The van der Waals surface area contributed by atoms with Crippen LogP contribution >= 0.6 is 0 Å². The molecule has 0 spiro atoms. The zero-order chi connectivity index (χ0) is 17.9. The van der Waals surface area contributed by atoms with E-state index in [1.807, 2.05) is 13.8 Å². The molecule has 1 unspecified atom stereocenters. The molecule has 0 aromatic carbocycles. The fraction of sp³-hybridized carbons (Fsp3) is 0.786. The topological polar surface area (TPSA) is 82.6 Å². The van der Waals surface area contributed by atoms with Crippen LogP contribution in [0.25, 0.3) is 0 Å². The SMILES string of the molecule is CC(C)(NCCC(F)(F)F)C(=O)NC1=CC(C(C)(C)CO)NO1. The lowest BCUT2D eigenvalue weighted by Gasteiger charge is -2.26. The van der Waals surface area contributed by atoms with Crippen LogP contribution < -0.4 is 16.1 Å². The normalized spacial score (nSPS) is 19.3. The summed E-state index contributed by atoms with van der Waals surface area (Å²) in [4.78, 5) is 17.3. The molecule has 1 atom stereocenters. The number of hydrogen-bond donors (Lipinski definition) is 4. The van der Waals surface area contributed by atoms with Crippen molar-refractivity contribution in [1.29, 1.82) is 0 Å². The Morgan fingerprint density at radius 3 is 2.48 bits per heavy atom. The molecule has 1 aliphatic rings. The molecule has 134 valence electrons. The summed E-state index contributed by atoms with van der Waals surface area (Å²) in [6.45, 7) is 6.15. The third-order valence-corrected chi connectivity index (χ3v) is 3.64. The van der Waals surface area contributed by atoms with E-state index < -0.39 is 29.5 Å². The number of aliphatic hydroxyl groups excluding tert-OH is 1. The third-order valence-electron chi connectivity index (χ3n) is 3.64. The Balaban J connectivity index is 2.56. The van der Waals surface area contributed by atoms with Gasteiger partial charge in [0, 0.05) is 12.0 Å². The molecule has 6 nitrogen and oxygen atoms in total. The summed E-state index contributed by atoms with van der Waals surface area (Å²) in [5, 5.41) is 14.4. The molecule has 0 saturated carbocycles. The monoisotopic (exact) mass is 339 g/mol. The zero-order valence-corrected chi connectivity index (χ0v) is 13.7. The van der Waals surface area contributed by atoms with E-state index in [0.29, 0.717) is 0 Å². The molecular formula is C14H24F3N3O3. The second-order valence-corrected chi connectivity index (χ2v) is 6.75. The van der Waals surface area contributed by atoms with E-state index in [2.05, 4.69) is 16.1 Å². The molecule has 4 N–H and O–H groups in total. The second-order valence-electron chi connectivity index (χ2n) is 6.75. The summed E-state index contributed by atoms with van der Waals surface area (Å²) in [6.07, 6.45) is -3.68. The minimum Gasteiger partial charge on any atom is -0.396 e. The smallest absolute Gasteiger partial charge is 0.390 e. The van der Waals surface area contributed by atoms with Gasteiger partial charge in [-0.3, -0.25) is 10.1 Å². The van der Waals surface area contributed by atoms with Crippen molar-refractivity contribution in [2.75, 3.05) is 13.2 Å². The van der Waals surface area contributed by atoms with Crippen LogP contribution in [0.15, 0.2) is 12.0 Å². The maximum atomic E-state index is 12.1. The predicted molar refractivity (Wildman–Crippen MR) is 77.9 cm³/mol. The second kappa shape index (κ2) is 7.06. The molecule has 0 aliphatic carbocycles. The summed E-state index contributed by atoms with van der Waals surface area (Å²) < 4.78 is 36.4. The predicted octanol–water partition coefficient (Wildman–Crippen LogP) is 1.19. The number of alkyl halides is 3. The average Bonchev–Trinajstić information content (AvgIpc) is 2.86. The molecular weight excluding hydrogens is 315 g/mol. The van der Waals surface area contributed by atoms with Crippen molar-refractivity contribution in [1.82, 2.24) is 16.1 Å². The van der Waals surface area contributed by atoms with Crippen LogP contribution in [0, 0.1) is 5.41 Å². The van der Waals surface area contributed by atoms with E-state index >= 15 is 0 Å². The van der Waals surface area contributed by atoms with E-state index in [1.54, 1.807) is 6.08 Å². The largest absolute Gasteiger partial charge is 0.396 e. The summed E-state index contributed by atoms with van der Waals surface area (Å²) in [5.74, 6) is -0.359. The molecule has 1 heterocycles. The van der Waals surface area contributed by atoms with Crippen LogP contribution in [-0.2, 0) is 9.63 Å². The van der Waals surface area contributed by atoms with Gasteiger partial charge in [0.05, 0.1) is 24.6 Å².